The summed E-state index contributed by atoms with van der Waals surface area (Å²) in [6.07, 6.45) is 28.0. The number of ether oxygens (including phenoxy) is 1. The van der Waals surface area contributed by atoms with E-state index in [1.807, 2.05) is 4.90 Å². The predicted molar refractivity (Wildman–Crippen MR) is 155 cm³/mol. The van der Waals surface area contributed by atoms with Crippen molar-refractivity contribution in [3.8, 4) is 0 Å². The van der Waals surface area contributed by atoms with Crippen LogP contribution in [0.2, 0.25) is 0 Å². The minimum absolute atomic E-state index is 0.135. The highest BCUT2D eigenvalue weighted by Gasteiger charge is 2.15. The van der Waals surface area contributed by atoms with E-state index in [9.17, 15) is 9.59 Å². The average molecular weight is 510 g/mol. The van der Waals surface area contributed by atoms with Crippen molar-refractivity contribution in [3.63, 3.8) is 0 Å². The Kier molecular flexibility index (Phi) is 27.7. The first-order valence-corrected chi connectivity index (χ1v) is 16.1. The lowest BCUT2D eigenvalue weighted by Crippen LogP contribution is -2.33. The van der Waals surface area contributed by atoms with Gasteiger partial charge in [0.2, 0.25) is 5.91 Å². The molecule has 36 heavy (non-hydrogen) atoms. The third kappa shape index (κ3) is 24.6. The van der Waals surface area contributed by atoms with E-state index >= 15 is 0 Å². The topological polar surface area (TPSA) is 46.6 Å². The van der Waals surface area contributed by atoms with E-state index in [4.69, 9.17) is 4.74 Å². The summed E-state index contributed by atoms with van der Waals surface area (Å²) in [5.74, 6) is -0.0749. The molecule has 0 rings (SSSR count). The van der Waals surface area contributed by atoms with Crippen molar-refractivity contribution in [1.82, 2.24) is 4.90 Å². The van der Waals surface area contributed by atoms with Gasteiger partial charge >= 0.3 is 5.97 Å². The van der Waals surface area contributed by atoms with Crippen molar-refractivity contribution < 1.29 is 14.3 Å². The first kappa shape index (κ1) is 34.9. The maximum absolute atomic E-state index is 12.9. The molecule has 0 aromatic heterocycles. The number of carbonyl (C=O) groups is 2. The van der Waals surface area contributed by atoms with Crippen molar-refractivity contribution in [1.29, 1.82) is 0 Å². The largest absolute Gasteiger partial charge is 0.466 e. The molecule has 0 fully saturated rings. The van der Waals surface area contributed by atoms with Crippen LogP contribution in [0.3, 0.4) is 0 Å². The van der Waals surface area contributed by atoms with Gasteiger partial charge in [-0.15, -0.1) is 0 Å². The minimum Gasteiger partial charge on any atom is -0.466 e. The molecule has 0 aromatic carbocycles. The molecule has 0 unspecified atom stereocenters. The molecule has 0 radical (unpaired) electrons. The van der Waals surface area contributed by atoms with Crippen molar-refractivity contribution >= 4 is 11.9 Å². The lowest BCUT2D eigenvalue weighted by Gasteiger charge is -2.23. The average Bonchev–Trinajstić information content (AvgIpc) is 2.88. The van der Waals surface area contributed by atoms with Gasteiger partial charge in [-0.05, 0) is 19.3 Å². The van der Waals surface area contributed by atoms with Crippen molar-refractivity contribution in [3.05, 3.63) is 0 Å². The Bertz CT molecular complexity index is 462. The number of esters is 1. The van der Waals surface area contributed by atoms with Crippen LogP contribution in [0.25, 0.3) is 0 Å². The zero-order chi connectivity index (χ0) is 26.5. The van der Waals surface area contributed by atoms with Gasteiger partial charge in [0, 0.05) is 19.5 Å². The van der Waals surface area contributed by atoms with Gasteiger partial charge in [-0.1, -0.05) is 143 Å². The summed E-state index contributed by atoms with van der Waals surface area (Å²) in [5, 5.41) is 0. The summed E-state index contributed by atoms with van der Waals surface area (Å²) in [5.41, 5.74) is 0. The Hall–Kier alpha value is -1.06. The highest BCUT2D eigenvalue weighted by Crippen LogP contribution is 2.12. The van der Waals surface area contributed by atoms with Crippen molar-refractivity contribution in [2.24, 2.45) is 0 Å². The molecule has 0 aromatic rings. The Balaban J connectivity index is 4.12. The van der Waals surface area contributed by atoms with Gasteiger partial charge in [0.25, 0.3) is 0 Å². The first-order chi connectivity index (χ1) is 17.7. The van der Waals surface area contributed by atoms with Crippen LogP contribution in [-0.2, 0) is 14.3 Å². The summed E-state index contributed by atoms with van der Waals surface area (Å²) < 4.78 is 5.40. The Morgan fingerprint density at radius 1 is 0.472 bits per heavy atom. The lowest BCUT2D eigenvalue weighted by atomic mass is 10.1. The van der Waals surface area contributed by atoms with Crippen molar-refractivity contribution in [2.45, 2.75) is 175 Å². The molecule has 4 nitrogen and oxygen atoms in total. The van der Waals surface area contributed by atoms with Crippen LogP contribution in [0.1, 0.15) is 175 Å². The summed E-state index contributed by atoms with van der Waals surface area (Å²) in [6.45, 7) is 8.93. The van der Waals surface area contributed by atoms with Crippen LogP contribution in [0.5, 0.6) is 0 Å². The maximum Gasteiger partial charge on any atom is 0.306 e. The molecule has 1 amide bonds. The molecule has 0 atom stereocenters. The molecule has 0 spiro atoms. The van der Waals surface area contributed by atoms with E-state index in [0.29, 0.717) is 13.0 Å². The molecule has 0 heterocycles. The molecule has 0 aliphatic rings. The molecule has 0 saturated heterocycles. The Labute approximate surface area is 225 Å². The number of hydrogen-bond acceptors (Lipinski definition) is 3. The quantitative estimate of drug-likeness (QED) is 0.0778. The summed E-state index contributed by atoms with van der Waals surface area (Å²) in [7, 11) is 0. The number of rotatable bonds is 28. The number of amides is 1. The number of hydrogen-bond donors (Lipinski definition) is 0. The van der Waals surface area contributed by atoms with Gasteiger partial charge in [0.05, 0.1) is 13.0 Å². The standard InChI is InChI=1S/C32H63NO3/c1-4-7-10-13-16-19-22-25-30-36-32(35)27-26-31(34)33(28-23-20-17-14-11-8-5-2)29-24-21-18-15-12-9-6-3/h4-30H2,1-3H3. The fourth-order valence-corrected chi connectivity index (χ4v) is 4.74. The molecule has 0 bridgehead atoms. The second-order valence-electron chi connectivity index (χ2n) is 10.8. The van der Waals surface area contributed by atoms with Gasteiger partial charge < -0.3 is 9.64 Å². The molecule has 4 heteroatoms. The lowest BCUT2D eigenvalue weighted by molar-refractivity contribution is -0.146. The van der Waals surface area contributed by atoms with Gasteiger partial charge in [0.15, 0.2) is 0 Å². The van der Waals surface area contributed by atoms with E-state index in [-0.39, 0.29) is 18.3 Å². The van der Waals surface area contributed by atoms with Crippen LogP contribution in [-0.4, -0.2) is 36.5 Å². The van der Waals surface area contributed by atoms with Crippen LogP contribution in [0, 0.1) is 0 Å². The van der Waals surface area contributed by atoms with E-state index in [0.717, 1.165) is 38.8 Å². The van der Waals surface area contributed by atoms with Gasteiger partial charge in [-0.2, -0.15) is 0 Å². The van der Waals surface area contributed by atoms with E-state index in [2.05, 4.69) is 20.8 Å². The molecular weight excluding hydrogens is 446 g/mol. The SMILES string of the molecule is CCCCCCCCCCOC(=O)CCC(=O)N(CCCCCCCCC)CCCCCCCCC. The van der Waals surface area contributed by atoms with Crippen LogP contribution in [0.4, 0.5) is 0 Å². The third-order valence-corrected chi connectivity index (χ3v) is 7.22. The smallest absolute Gasteiger partial charge is 0.306 e. The third-order valence-electron chi connectivity index (χ3n) is 7.22. The summed E-state index contributed by atoms with van der Waals surface area (Å²) >= 11 is 0. The highest BCUT2D eigenvalue weighted by atomic mass is 16.5. The van der Waals surface area contributed by atoms with E-state index in [1.165, 1.54) is 116 Å². The maximum atomic E-state index is 12.9. The van der Waals surface area contributed by atoms with Crippen molar-refractivity contribution in [2.75, 3.05) is 19.7 Å². The van der Waals surface area contributed by atoms with Crippen LogP contribution in [0.15, 0.2) is 0 Å². The summed E-state index contributed by atoms with van der Waals surface area (Å²) in [4.78, 5) is 27.1. The first-order valence-electron chi connectivity index (χ1n) is 16.1. The second-order valence-corrected chi connectivity index (χ2v) is 10.8. The Morgan fingerprint density at radius 2 is 0.833 bits per heavy atom. The zero-order valence-electron chi connectivity index (χ0n) is 24.8. The molecule has 0 aliphatic carbocycles. The number of unbranched alkanes of at least 4 members (excludes halogenated alkanes) is 19. The minimum atomic E-state index is -0.210. The molecular formula is C32H63NO3. The second kappa shape index (κ2) is 28.5. The van der Waals surface area contributed by atoms with Crippen LogP contribution >= 0.6 is 0 Å². The fraction of sp³-hybridized carbons (Fsp3) is 0.938. The monoisotopic (exact) mass is 509 g/mol. The van der Waals surface area contributed by atoms with Gasteiger partial charge in [-0.25, -0.2) is 0 Å². The predicted octanol–water partition coefficient (Wildman–Crippen LogP) is 9.78. The molecule has 0 aliphatic heterocycles. The molecule has 214 valence electrons. The number of carbonyl (C=O) groups excluding carboxylic acids is 2. The molecule has 0 saturated carbocycles. The van der Waals surface area contributed by atoms with Gasteiger partial charge in [0.1, 0.15) is 0 Å². The summed E-state index contributed by atoms with van der Waals surface area (Å²) in [6, 6.07) is 0. The molecule has 0 N–H and O–H groups in total. The number of nitrogens with zero attached hydrogens (tertiary/aromatic N) is 1. The Morgan fingerprint density at radius 3 is 1.25 bits per heavy atom. The van der Waals surface area contributed by atoms with Gasteiger partial charge in [-0.3, -0.25) is 9.59 Å². The van der Waals surface area contributed by atoms with E-state index in [1.54, 1.807) is 0 Å². The van der Waals surface area contributed by atoms with Crippen LogP contribution < -0.4 is 0 Å². The fourth-order valence-electron chi connectivity index (χ4n) is 4.74. The van der Waals surface area contributed by atoms with E-state index < -0.39 is 0 Å². The highest BCUT2D eigenvalue weighted by molar-refractivity contribution is 5.81. The normalized spacial score (nSPS) is 11.1. The zero-order valence-corrected chi connectivity index (χ0v) is 24.8.